The number of aliphatic hydroxyl groups is 1. The molecule has 0 unspecified atom stereocenters. The molecule has 4 rings (SSSR count). The Kier molecular flexibility index (Phi) is 8.86. The van der Waals surface area contributed by atoms with Gasteiger partial charge in [0.25, 0.3) is 11.5 Å². The molecule has 0 atom stereocenters. The fourth-order valence-corrected chi connectivity index (χ4v) is 5.26. The predicted octanol–water partition coefficient (Wildman–Crippen LogP) is 3.59. The summed E-state index contributed by atoms with van der Waals surface area (Å²) in [7, 11) is 0. The summed E-state index contributed by atoms with van der Waals surface area (Å²) in [5.41, 5.74) is 0.646. The smallest absolute Gasteiger partial charge is 0.297 e. The van der Waals surface area contributed by atoms with Gasteiger partial charge in [0.15, 0.2) is 5.82 Å². The van der Waals surface area contributed by atoms with Gasteiger partial charge in [0.1, 0.15) is 5.82 Å². The number of nitrogens with one attached hydrogen (secondary N) is 3. The van der Waals surface area contributed by atoms with Gasteiger partial charge in [-0.2, -0.15) is 0 Å². The van der Waals surface area contributed by atoms with Gasteiger partial charge in [-0.3, -0.25) is 14.2 Å². The first-order valence-corrected chi connectivity index (χ1v) is 13.7. The molecule has 2 aromatic carbocycles. The average molecular weight is 540 g/mol. The zero-order valence-corrected chi connectivity index (χ0v) is 22.7. The zero-order chi connectivity index (χ0) is 27.3. The van der Waals surface area contributed by atoms with Gasteiger partial charge in [0.2, 0.25) is 0 Å². The van der Waals surface area contributed by atoms with Gasteiger partial charge in [-0.15, -0.1) is 11.8 Å². The maximum atomic E-state index is 14.8. The highest BCUT2D eigenvalue weighted by atomic mass is 32.2. The van der Waals surface area contributed by atoms with Crippen molar-refractivity contribution in [1.82, 2.24) is 20.2 Å². The number of nitrogens with zero attached hydrogens (tertiary/aromatic N) is 2. The molecule has 1 fully saturated rings. The Bertz CT molecular complexity index is 1360. The number of hydrogen-bond acceptors (Lipinski definition) is 7. The van der Waals surface area contributed by atoms with Crippen molar-refractivity contribution in [3.8, 4) is 5.69 Å². The Balaban J connectivity index is 1.61. The lowest BCUT2D eigenvalue weighted by Gasteiger charge is -2.29. The molecule has 0 aliphatic heterocycles. The number of benzene rings is 2. The number of anilines is 1. The second-order valence-corrected chi connectivity index (χ2v) is 11.0. The molecule has 1 aliphatic carbocycles. The van der Waals surface area contributed by atoms with E-state index in [0.717, 1.165) is 35.6 Å². The molecule has 202 valence electrons. The fourth-order valence-electron chi connectivity index (χ4n) is 4.14. The molecule has 0 radical (unpaired) electrons. The van der Waals surface area contributed by atoms with Crippen molar-refractivity contribution in [2.45, 2.75) is 50.1 Å². The highest BCUT2D eigenvalue weighted by molar-refractivity contribution is 7.99. The largest absolute Gasteiger partial charge is 0.395 e. The summed E-state index contributed by atoms with van der Waals surface area (Å²) in [6.45, 7) is 6.94. The van der Waals surface area contributed by atoms with Crippen molar-refractivity contribution < 1.29 is 14.3 Å². The van der Waals surface area contributed by atoms with Crippen LogP contribution in [0.25, 0.3) is 5.69 Å². The third-order valence-electron chi connectivity index (χ3n) is 6.41. The van der Waals surface area contributed by atoms with Gasteiger partial charge in [0, 0.05) is 53.3 Å². The van der Waals surface area contributed by atoms with Crippen LogP contribution in [0.3, 0.4) is 0 Å². The Labute approximate surface area is 226 Å². The molecule has 0 saturated heterocycles. The zero-order valence-electron chi connectivity index (χ0n) is 21.9. The van der Waals surface area contributed by atoms with E-state index >= 15 is 0 Å². The normalized spacial score (nSPS) is 13.4. The van der Waals surface area contributed by atoms with Crippen LogP contribution < -0.4 is 21.5 Å². The third kappa shape index (κ3) is 6.61. The number of hydrogen-bond donors (Lipinski definition) is 4. The number of aromatic nitrogens is 2. The van der Waals surface area contributed by atoms with E-state index in [4.69, 9.17) is 5.11 Å². The molecule has 8 nitrogen and oxygen atoms in total. The molecule has 4 N–H and O–H groups in total. The molecule has 38 heavy (non-hydrogen) atoms. The van der Waals surface area contributed by atoms with Gasteiger partial charge in [-0.05, 0) is 57.4 Å². The molecule has 10 heteroatoms. The summed E-state index contributed by atoms with van der Waals surface area (Å²) < 4.78 is 16.2. The Morgan fingerprint density at radius 1 is 1.24 bits per heavy atom. The van der Waals surface area contributed by atoms with E-state index in [1.54, 1.807) is 24.8 Å². The summed E-state index contributed by atoms with van der Waals surface area (Å²) in [6, 6.07) is 10.9. The number of carbonyl (C=O) groups excluding carboxylic acids is 1. The minimum atomic E-state index is -0.653. The van der Waals surface area contributed by atoms with E-state index in [9.17, 15) is 14.0 Å². The highest BCUT2D eigenvalue weighted by Gasteiger charge is 2.27. The van der Waals surface area contributed by atoms with Crippen molar-refractivity contribution in [2.75, 3.05) is 30.8 Å². The lowest BCUT2D eigenvalue weighted by atomic mass is 9.94. The first kappa shape index (κ1) is 27.8. The third-order valence-corrected chi connectivity index (χ3v) is 7.48. The van der Waals surface area contributed by atoms with Crippen LogP contribution in [-0.2, 0) is 5.54 Å². The Morgan fingerprint density at radius 2 is 2.00 bits per heavy atom. The molecule has 1 aliphatic rings. The molecule has 0 bridgehead atoms. The lowest BCUT2D eigenvalue weighted by molar-refractivity contribution is 0.0950. The van der Waals surface area contributed by atoms with Crippen LogP contribution in [0.1, 0.15) is 48.2 Å². The van der Waals surface area contributed by atoms with Crippen molar-refractivity contribution in [1.29, 1.82) is 0 Å². The SMILES string of the molecule is Cc1c(F)cc(C(=O)NC2CC2)cc1-n1ccnc(NC(C)(C)c2ccccc2SCCNCCO)c1=O. The number of carbonyl (C=O) groups is 1. The van der Waals surface area contributed by atoms with Crippen LogP contribution in [-0.4, -0.2) is 52.1 Å². The first-order valence-electron chi connectivity index (χ1n) is 12.7. The second-order valence-electron chi connectivity index (χ2n) is 9.87. The van der Waals surface area contributed by atoms with Crippen molar-refractivity contribution >= 4 is 23.5 Å². The van der Waals surface area contributed by atoms with Gasteiger partial charge in [0.05, 0.1) is 17.8 Å². The van der Waals surface area contributed by atoms with Crippen LogP contribution in [0.5, 0.6) is 0 Å². The van der Waals surface area contributed by atoms with E-state index in [2.05, 4.69) is 20.9 Å². The standard InChI is InChI=1S/C28H34FN5O3S/c1-18-22(29)16-19(26(36)32-20-8-9-20)17-23(18)34-13-10-31-25(27(34)37)33-28(2,3)21-6-4-5-7-24(21)38-15-12-30-11-14-35/h4-7,10,13,16-17,20,30,35H,8-9,11-12,14-15H2,1-3H3,(H,31,33)(H,32,36). The van der Waals surface area contributed by atoms with Gasteiger partial charge >= 0.3 is 0 Å². The molecular formula is C28H34FN5O3S. The van der Waals surface area contributed by atoms with E-state index in [0.29, 0.717) is 12.2 Å². The number of amides is 1. The minimum absolute atomic E-state index is 0.101. The van der Waals surface area contributed by atoms with E-state index in [1.807, 2.05) is 38.1 Å². The van der Waals surface area contributed by atoms with Crippen LogP contribution >= 0.6 is 11.8 Å². The molecule has 1 heterocycles. The minimum Gasteiger partial charge on any atom is -0.395 e. The monoisotopic (exact) mass is 539 g/mol. The number of rotatable bonds is 12. The van der Waals surface area contributed by atoms with Crippen molar-refractivity contribution in [2.24, 2.45) is 0 Å². The first-order chi connectivity index (χ1) is 18.2. The molecule has 3 aromatic rings. The van der Waals surface area contributed by atoms with E-state index < -0.39 is 16.9 Å². The summed E-state index contributed by atoms with van der Waals surface area (Å²) in [5.74, 6) is 0.0322. The maximum absolute atomic E-state index is 14.8. The molecule has 1 amide bonds. The number of halogens is 1. The molecule has 1 saturated carbocycles. The Hall–Kier alpha value is -3.21. The van der Waals surface area contributed by atoms with Crippen molar-refractivity contribution in [3.63, 3.8) is 0 Å². The van der Waals surface area contributed by atoms with Crippen LogP contribution in [0, 0.1) is 12.7 Å². The number of aliphatic hydroxyl groups excluding tert-OH is 1. The van der Waals surface area contributed by atoms with E-state index in [1.165, 1.54) is 23.0 Å². The average Bonchev–Trinajstić information content (AvgIpc) is 3.71. The lowest BCUT2D eigenvalue weighted by Crippen LogP contribution is -2.34. The predicted molar refractivity (Wildman–Crippen MR) is 149 cm³/mol. The quantitative estimate of drug-likeness (QED) is 0.206. The van der Waals surface area contributed by atoms with Gasteiger partial charge < -0.3 is 21.1 Å². The van der Waals surface area contributed by atoms with Gasteiger partial charge in [-0.1, -0.05) is 18.2 Å². The van der Waals surface area contributed by atoms with E-state index in [-0.39, 0.29) is 35.5 Å². The molecule has 1 aromatic heterocycles. The van der Waals surface area contributed by atoms with Crippen LogP contribution in [0.4, 0.5) is 10.2 Å². The summed E-state index contributed by atoms with van der Waals surface area (Å²) in [4.78, 5) is 31.5. The van der Waals surface area contributed by atoms with Crippen LogP contribution in [0.15, 0.2) is 58.5 Å². The topological polar surface area (TPSA) is 108 Å². The summed E-state index contributed by atoms with van der Waals surface area (Å²) in [6.07, 6.45) is 4.81. The van der Waals surface area contributed by atoms with Gasteiger partial charge in [-0.25, -0.2) is 9.37 Å². The Morgan fingerprint density at radius 3 is 2.74 bits per heavy atom. The van der Waals surface area contributed by atoms with Crippen LogP contribution in [0.2, 0.25) is 0 Å². The molecular weight excluding hydrogens is 505 g/mol. The fraction of sp³-hybridized carbons (Fsp3) is 0.393. The maximum Gasteiger partial charge on any atom is 0.297 e. The summed E-state index contributed by atoms with van der Waals surface area (Å²) in [5, 5.41) is 18.3. The highest BCUT2D eigenvalue weighted by Crippen LogP contribution is 2.33. The molecule has 0 spiro atoms. The van der Waals surface area contributed by atoms with Crippen molar-refractivity contribution in [3.05, 3.63) is 81.7 Å². The second kappa shape index (κ2) is 12.1. The number of thioether (sulfide) groups is 1. The summed E-state index contributed by atoms with van der Waals surface area (Å²) >= 11 is 1.69.